The summed E-state index contributed by atoms with van der Waals surface area (Å²) >= 11 is 0. The van der Waals surface area contributed by atoms with Crippen LogP contribution in [0.5, 0.6) is 0 Å². The van der Waals surface area contributed by atoms with E-state index >= 15 is 0 Å². The van der Waals surface area contributed by atoms with E-state index in [1.807, 2.05) is 60.7 Å². The van der Waals surface area contributed by atoms with Gasteiger partial charge in [-0.2, -0.15) is 0 Å². The van der Waals surface area contributed by atoms with Crippen molar-refractivity contribution >= 4 is 5.57 Å². The zero-order valence-corrected chi connectivity index (χ0v) is 12.4. The highest BCUT2D eigenvalue weighted by Crippen LogP contribution is 2.36. The van der Waals surface area contributed by atoms with Gasteiger partial charge in [0.2, 0.25) is 5.54 Å². The zero-order valence-electron chi connectivity index (χ0n) is 12.4. The first-order valence-electron chi connectivity index (χ1n) is 7.29. The van der Waals surface area contributed by atoms with E-state index in [9.17, 15) is 10.1 Å². The van der Waals surface area contributed by atoms with Crippen molar-refractivity contribution in [1.29, 1.82) is 0 Å². The topological polar surface area (TPSA) is 43.1 Å². The maximum atomic E-state index is 11.5. The van der Waals surface area contributed by atoms with Gasteiger partial charge in [-0.05, 0) is 16.7 Å². The molecule has 0 saturated heterocycles. The van der Waals surface area contributed by atoms with Gasteiger partial charge in [0.15, 0.2) is 0 Å². The molecule has 22 heavy (non-hydrogen) atoms. The minimum atomic E-state index is -1.05. The fourth-order valence-corrected chi connectivity index (χ4v) is 2.80. The molecule has 0 radical (unpaired) electrons. The summed E-state index contributed by atoms with van der Waals surface area (Å²) in [4.78, 5) is 11.3. The van der Waals surface area contributed by atoms with Crippen LogP contribution in [0.25, 0.3) is 16.7 Å². The van der Waals surface area contributed by atoms with Gasteiger partial charge in [0.1, 0.15) is 0 Å². The van der Waals surface area contributed by atoms with E-state index < -0.39 is 5.54 Å². The Kier molecular flexibility index (Phi) is 3.63. The summed E-state index contributed by atoms with van der Waals surface area (Å²) in [5.74, 6) is 0. The molecule has 1 aliphatic rings. The highest BCUT2D eigenvalue weighted by molar-refractivity contribution is 5.76. The molecule has 1 atom stereocenters. The summed E-state index contributed by atoms with van der Waals surface area (Å²) in [7, 11) is 0. The largest absolute Gasteiger partial charge is 0.264 e. The normalized spacial score (nSPS) is 20.5. The standard InChI is InChI=1S/C19H17NO2/c1-19(20(21)22)14-6-5-9-18(19)17-12-10-16(11-13-17)15-7-3-2-4-8-15/h2-13H,14H2,1H3. The second kappa shape index (κ2) is 5.60. The molecule has 2 aromatic carbocycles. The van der Waals surface area contributed by atoms with Crippen molar-refractivity contribution in [2.45, 2.75) is 18.9 Å². The van der Waals surface area contributed by atoms with Gasteiger partial charge in [-0.1, -0.05) is 72.8 Å². The lowest BCUT2D eigenvalue weighted by Crippen LogP contribution is -2.36. The first-order chi connectivity index (χ1) is 10.6. The van der Waals surface area contributed by atoms with Crippen LogP contribution >= 0.6 is 0 Å². The second-order valence-electron chi connectivity index (χ2n) is 5.69. The molecule has 3 nitrogen and oxygen atoms in total. The van der Waals surface area contributed by atoms with E-state index in [0.717, 1.165) is 22.3 Å². The lowest BCUT2D eigenvalue weighted by atomic mass is 9.81. The van der Waals surface area contributed by atoms with Crippen LogP contribution in [0.15, 0.2) is 72.8 Å². The van der Waals surface area contributed by atoms with E-state index in [1.54, 1.807) is 6.92 Å². The SMILES string of the molecule is CC1([N+](=O)[O-])CC=CC=C1c1ccc(-c2ccccc2)cc1. The maximum Gasteiger partial charge on any atom is 0.248 e. The van der Waals surface area contributed by atoms with Gasteiger partial charge < -0.3 is 0 Å². The van der Waals surface area contributed by atoms with Gasteiger partial charge in [-0.3, -0.25) is 10.1 Å². The molecule has 0 saturated carbocycles. The van der Waals surface area contributed by atoms with E-state index in [-0.39, 0.29) is 4.92 Å². The summed E-state index contributed by atoms with van der Waals surface area (Å²) in [5.41, 5.74) is 2.87. The van der Waals surface area contributed by atoms with Crippen LogP contribution in [-0.4, -0.2) is 10.5 Å². The van der Waals surface area contributed by atoms with Crippen LogP contribution in [0.2, 0.25) is 0 Å². The van der Waals surface area contributed by atoms with Crippen molar-refractivity contribution < 1.29 is 4.92 Å². The molecule has 0 aromatic heterocycles. The van der Waals surface area contributed by atoms with Gasteiger partial charge in [0.25, 0.3) is 0 Å². The third kappa shape index (κ3) is 2.46. The third-order valence-electron chi connectivity index (χ3n) is 4.20. The monoisotopic (exact) mass is 291 g/mol. The number of nitro groups is 1. The Morgan fingerprint density at radius 3 is 2.18 bits per heavy atom. The lowest BCUT2D eigenvalue weighted by Gasteiger charge is -2.25. The highest BCUT2D eigenvalue weighted by atomic mass is 16.6. The maximum absolute atomic E-state index is 11.5. The summed E-state index contributed by atoms with van der Waals surface area (Å²) < 4.78 is 0. The average molecular weight is 291 g/mol. The van der Waals surface area contributed by atoms with Gasteiger partial charge in [0, 0.05) is 23.8 Å². The Morgan fingerprint density at radius 1 is 0.955 bits per heavy atom. The first kappa shape index (κ1) is 14.3. The molecule has 0 amide bonds. The van der Waals surface area contributed by atoms with E-state index in [0.29, 0.717) is 6.42 Å². The Hall–Kier alpha value is -2.68. The predicted molar refractivity (Wildman–Crippen MR) is 89.0 cm³/mol. The number of benzene rings is 2. The first-order valence-corrected chi connectivity index (χ1v) is 7.29. The molecule has 1 aliphatic carbocycles. The molecule has 0 fully saturated rings. The quantitative estimate of drug-likeness (QED) is 0.606. The molecule has 110 valence electrons. The molecule has 3 rings (SSSR count). The summed E-state index contributed by atoms with van der Waals surface area (Å²) in [5, 5.41) is 11.5. The lowest BCUT2D eigenvalue weighted by molar-refractivity contribution is -0.545. The summed E-state index contributed by atoms with van der Waals surface area (Å²) in [6, 6.07) is 18.1. The zero-order chi connectivity index (χ0) is 15.6. The van der Waals surface area contributed by atoms with Crippen molar-refractivity contribution in [1.82, 2.24) is 0 Å². The van der Waals surface area contributed by atoms with Crippen LogP contribution in [0.3, 0.4) is 0 Å². The Labute approximate surface area is 129 Å². The van der Waals surface area contributed by atoms with Gasteiger partial charge >= 0.3 is 0 Å². The fourth-order valence-electron chi connectivity index (χ4n) is 2.80. The van der Waals surface area contributed by atoms with Crippen molar-refractivity contribution in [3.8, 4) is 11.1 Å². The minimum absolute atomic E-state index is 0.187. The average Bonchev–Trinajstić information content (AvgIpc) is 2.56. The van der Waals surface area contributed by atoms with Gasteiger partial charge in [-0.25, -0.2) is 0 Å². The van der Waals surface area contributed by atoms with Gasteiger partial charge in [-0.15, -0.1) is 0 Å². The molecule has 3 heteroatoms. The predicted octanol–water partition coefficient (Wildman–Crippen LogP) is 4.73. The van der Waals surface area contributed by atoms with E-state index in [1.165, 1.54) is 0 Å². The molecule has 0 spiro atoms. The molecular weight excluding hydrogens is 274 g/mol. The van der Waals surface area contributed by atoms with Crippen molar-refractivity contribution in [3.63, 3.8) is 0 Å². The number of hydrogen-bond donors (Lipinski definition) is 0. The number of nitrogens with zero attached hydrogens (tertiary/aromatic N) is 1. The Bertz CT molecular complexity index is 745. The van der Waals surface area contributed by atoms with Crippen molar-refractivity contribution in [2.75, 3.05) is 0 Å². The third-order valence-corrected chi connectivity index (χ3v) is 4.20. The van der Waals surface area contributed by atoms with E-state index in [4.69, 9.17) is 0 Å². The summed E-state index contributed by atoms with van der Waals surface area (Å²) in [6.45, 7) is 1.69. The molecule has 0 heterocycles. The number of rotatable bonds is 3. The number of allylic oxidation sites excluding steroid dienone is 2. The van der Waals surface area contributed by atoms with Crippen molar-refractivity contribution in [2.24, 2.45) is 0 Å². The van der Waals surface area contributed by atoms with Crippen LogP contribution in [0, 0.1) is 10.1 Å². The highest BCUT2D eigenvalue weighted by Gasteiger charge is 2.41. The molecule has 0 aliphatic heterocycles. The van der Waals surface area contributed by atoms with Crippen LogP contribution in [-0.2, 0) is 0 Å². The molecule has 2 aromatic rings. The number of hydrogen-bond acceptors (Lipinski definition) is 2. The summed E-state index contributed by atoms with van der Waals surface area (Å²) in [6.07, 6.45) is 6.02. The smallest absolute Gasteiger partial charge is 0.248 e. The van der Waals surface area contributed by atoms with Gasteiger partial charge in [0.05, 0.1) is 0 Å². The van der Waals surface area contributed by atoms with Crippen LogP contribution < -0.4 is 0 Å². The molecule has 0 N–H and O–H groups in total. The Morgan fingerprint density at radius 2 is 1.55 bits per heavy atom. The molecular formula is C19H17NO2. The van der Waals surface area contributed by atoms with Crippen molar-refractivity contribution in [3.05, 3.63) is 88.5 Å². The Balaban J connectivity index is 1.97. The molecule has 1 unspecified atom stereocenters. The second-order valence-corrected chi connectivity index (χ2v) is 5.69. The minimum Gasteiger partial charge on any atom is -0.264 e. The van der Waals surface area contributed by atoms with Crippen LogP contribution in [0.1, 0.15) is 18.9 Å². The van der Waals surface area contributed by atoms with Crippen LogP contribution in [0.4, 0.5) is 0 Å². The fraction of sp³-hybridized carbons (Fsp3) is 0.158. The van der Waals surface area contributed by atoms with E-state index in [2.05, 4.69) is 12.1 Å². The molecule has 0 bridgehead atoms.